The van der Waals surface area contributed by atoms with Gasteiger partial charge in [0.05, 0.1) is 24.3 Å². The van der Waals surface area contributed by atoms with E-state index in [4.69, 9.17) is 0 Å². The van der Waals surface area contributed by atoms with E-state index in [1.54, 1.807) is 35.5 Å². The Bertz CT molecular complexity index is 998. The van der Waals surface area contributed by atoms with Crippen LogP contribution >= 0.6 is 0 Å². The lowest BCUT2D eigenvalue weighted by atomic mass is 9.93. The molecule has 1 saturated heterocycles. The Labute approximate surface area is 175 Å². The number of likely N-dealkylation sites (tertiary alicyclic amines) is 1. The van der Waals surface area contributed by atoms with Crippen molar-refractivity contribution >= 4 is 23.6 Å². The van der Waals surface area contributed by atoms with Gasteiger partial charge in [0.1, 0.15) is 11.6 Å². The van der Waals surface area contributed by atoms with Gasteiger partial charge in [-0.25, -0.2) is 9.97 Å². The summed E-state index contributed by atoms with van der Waals surface area (Å²) in [6.07, 6.45) is 15.2. The molecule has 0 saturated carbocycles. The number of aryl methyl sites for hydroxylation is 1. The highest BCUT2D eigenvalue weighted by Gasteiger charge is 2.23. The summed E-state index contributed by atoms with van der Waals surface area (Å²) in [5.74, 6) is 1.83. The number of rotatable bonds is 6. The van der Waals surface area contributed by atoms with Crippen LogP contribution in [0.4, 0.5) is 11.6 Å². The van der Waals surface area contributed by atoms with Crippen LogP contribution in [0.15, 0.2) is 55.3 Å². The topological polar surface area (TPSA) is 88.8 Å². The van der Waals surface area contributed by atoms with E-state index in [0.29, 0.717) is 11.7 Å². The molecule has 1 unspecified atom stereocenters. The van der Waals surface area contributed by atoms with Crippen LogP contribution in [0.1, 0.15) is 24.1 Å². The molecule has 30 heavy (non-hydrogen) atoms. The monoisotopic (exact) mass is 403 g/mol. The lowest BCUT2D eigenvalue weighted by molar-refractivity contribution is -0.127. The Balaban J connectivity index is 1.31. The highest BCUT2D eigenvalue weighted by atomic mass is 16.2. The minimum atomic E-state index is 0.0459. The number of hydrogen-bond donors (Lipinski definition) is 1. The molecule has 3 aromatic rings. The molecular weight excluding hydrogens is 378 g/mol. The van der Waals surface area contributed by atoms with Crippen LogP contribution in [-0.4, -0.2) is 48.6 Å². The molecule has 1 fully saturated rings. The van der Waals surface area contributed by atoms with Crippen molar-refractivity contribution in [1.29, 1.82) is 0 Å². The van der Waals surface area contributed by atoms with Crippen molar-refractivity contribution in [3.63, 3.8) is 0 Å². The summed E-state index contributed by atoms with van der Waals surface area (Å²) in [5, 5.41) is 7.25. The molecule has 1 amide bonds. The second kappa shape index (κ2) is 9.30. The van der Waals surface area contributed by atoms with Crippen molar-refractivity contribution in [3.8, 4) is 0 Å². The molecule has 0 radical (unpaired) electrons. The van der Waals surface area contributed by atoms with E-state index in [1.165, 1.54) is 0 Å². The van der Waals surface area contributed by atoms with Crippen molar-refractivity contribution in [3.05, 3.63) is 66.5 Å². The van der Waals surface area contributed by atoms with Gasteiger partial charge in [0.2, 0.25) is 5.91 Å². The highest BCUT2D eigenvalue weighted by Crippen LogP contribution is 2.21. The van der Waals surface area contributed by atoms with Crippen LogP contribution in [0.3, 0.4) is 0 Å². The Morgan fingerprint density at radius 1 is 1.20 bits per heavy atom. The molecular formula is C22H25N7O. The third-order valence-electron chi connectivity index (χ3n) is 5.10. The Kier molecular flexibility index (Phi) is 6.12. The van der Waals surface area contributed by atoms with Crippen LogP contribution in [0.5, 0.6) is 0 Å². The van der Waals surface area contributed by atoms with Gasteiger partial charge in [-0.3, -0.25) is 14.5 Å². The molecule has 1 N–H and O–H groups in total. The van der Waals surface area contributed by atoms with Crippen LogP contribution in [-0.2, 0) is 18.3 Å². The van der Waals surface area contributed by atoms with Gasteiger partial charge >= 0.3 is 0 Å². The standard InChI is InChI=1S/C22H25N7O/c1-28-15-18(12-26-28)7-8-22(30)29-10-4-5-17(16-29)11-19-13-25-21(14-24-19)27-20-6-2-3-9-23-20/h2-3,6-9,12-15,17H,4-5,10-11,16H2,1H3,(H,23,25,27)/b8-7+. The molecule has 154 valence electrons. The number of nitrogens with zero attached hydrogens (tertiary/aromatic N) is 6. The number of pyridine rings is 1. The molecule has 1 aliphatic heterocycles. The molecule has 0 aromatic carbocycles. The zero-order valence-electron chi connectivity index (χ0n) is 17.0. The number of amides is 1. The molecule has 0 spiro atoms. The summed E-state index contributed by atoms with van der Waals surface area (Å²) in [6, 6.07) is 5.66. The number of carbonyl (C=O) groups excluding carboxylic acids is 1. The fraction of sp³-hybridized carbons (Fsp3) is 0.318. The van der Waals surface area contributed by atoms with E-state index in [1.807, 2.05) is 42.4 Å². The quantitative estimate of drug-likeness (QED) is 0.637. The summed E-state index contributed by atoms with van der Waals surface area (Å²) in [6.45, 7) is 1.54. The second-order valence-electron chi connectivity index (χ2n) is 7.51. The number of carbonyl (C=O) groups is 1. The molecule has 8 heteroatoms. The summed E-state index contributed by atoms with van der Waals surface area (Å²) < 4.78 is 1.72. The lowest BCUT2D eigenvalue weighted by Gasteiger charge is -2.32. The molecule has 3 aromatic heterocycles. The van der Waals surface area contributed by atoms with Gasteiger partial charge in [-0.15, -0.1) is 0 Å². The number of nitrogens with one attached hydrogen (secondary N) is 1. The normalized spacial score (nSPS) is 16.7. The van der Waals surface area contributed by atoms with E-state index in [9.17, 15) is 4.79 Å². The zero-order chi connectivity index (χ0) is 20.8. The average Bonchev–Trinajstić information content (AvgIpc) is 3.19. The van der Waals surface area contributed by atoms with Crippen molar-refractivity contribution in [2.75, 3.05) is 18.4 Å². The Hall–Kier alpha value is -3.55. The lowest BCUT2D eigenvalue weighted by Crippen LogP contribution is -2.39. The SMILES string of the molecule is Cn1cc(/C=C/C(=O)N2CCCC(Cc3cnc(Nc4ccccn4)cn3)C2)cn1. The second-order valence-corrected chi connectivity index (χ2v) is 7.51. The largest absolute Gasteiger partial charge is 0.339 e. The molecule has 4 heterocycles. The maximum Gasteiger partial charge on any atom is 0.246 e. The van der Waals surface area contributed by atoms with E-state index < -0.39 is 0 Å². The maximum atomic E-state index is 12.6. The van der Waals surface area contributed by atoms with Gasteiger partial charge in [0.25, 0.3) is 0 Å². The summed E-state index contributed by atoms with van der Waals surface area (Å²) >= 11 is 0. The van der Waals surface area contributed by atoms with Gasteiger partial charge < -0.3 is 10.2 Å². The zero-order valence-corrected chi connectivity index (χ0v) is 17.0. The molecule has 0 aliphatic carbocycles. The number of aromatic nitrogens is 5. The van der Waals surface area contributed by atoms with Crippen molar-refractivity contribution in [2.24, 2.45) is 13.0 Å². The van der Waals surface area contributed by atoms with Crippen LogP contribution < -0.4 is 5.32 Å². The molecule has 0 bridgehead atoms. The summed E-state index contributed by atoms with van der Waals surface area (Å²) in [7, 11) is 1.86. The van der Waals surface area contributed by atoms with E-state index in [-0.39, 0.29) is 5.91 Å². The van der Waals surface area contributed by atoms with Crippen molar-refractivity contribution in [1.82, 2.24) is 29.6 Å². The van der Waals surface area contributed by atoms with E-state index >= 15 is 0 Å². The summed E-state index contributed by atoms with van der Waals surface area (Å²) in [4.78, 5) is 27.7. The third-order valence-corrected chi connectivity index (χ3v) is 5.10. The molecule has 4 rings (SSSR count). The van der Waals surface area contributed by atoms with Gasteiger partial charge in [0.15, 0.2) is 0 Å². The minimum absolute atomic E-state index is 0.0459. The van der Waals surface area contributed by atoms with E-state index in [0.717, 1.165) is 49.4 Å². The first-order valence-electron chi connectivity index (χ1n) is 10.1. The van der Waals surface area contributed by atoms with Crippen LogP contribution in [0.2, 0.25) is 0 Å². The van der Waals surface area contributed by atoms with E-state index in [2.05, 4.69) is 25.4 Å². The number of hydrogen-bond acceptors (Lipinski definition) is 6. The van der Waals surface area contributed by atoms with Gasteiger partial charge in [-0.05, 0) is 43.4 Å². The molecule has 1 aliphatic rings. The van der Waals surface area contributed by atoms with Gasteiger partial charge in [0, 0.05) is 44.2 Å². The fourth-order valence-electron chi connectivity index (χ4n) is 3.62. The molecule has 1 atom stereocenters. The predicted octanol–water partition coefficient (Wildman–Crippen LogP) is 2.84. The predicted molar refractivity (Wildman–Crippen MR) is 115 cm³/mol. The van der Waals surface area contributed by atoms with Gasteiger partial charge in [-0.1, -0.05) is 6.07 Å². The number of piperidine rings is 1. The van der Waals surface area contributed by atoms with Gasteiger partial charge in [-0.2, -0.15) is 5.10 Å². The summed E-state index contributed by atoms with van der Waals surface area (Å²) in [5.41, 5.74) is 1.86. The highest BCUT2D eigenvalue weighted by molar-refractivity contribution is 5.91. The number of anilines is 2. The third kappa shape index (κ3) is 5.28. The molecule has 8 nitrogen and oxygen atoms in total. The average molecular weight is 403 g/mol. The fourth-order valence-corrected chi connectivity index (χ4v) is 3.62. The van der Waals surface area contributed by atoms with Crippen molar-refractivity contribution in [2.45, 2.75) is 19.3 Å². The minimum Gasteiger partial charge on any atom is -0.339 e. The first-order valence-corrected chi connectivity index (χ1v) is 10.1. The van der Waals surface area contributed by atoms with Crippen LogP contribution in [0.25, 0.3) is 6.08 Å². The smallest absolute Gasteiger partial charge is 0.246 e. The maximum absolute atomic E-state index is 12.6. The Morgan fingerprint density at radius 3 is 2.87 bits per heavy atom. The van der Waals surface area contributed by atoms with Crippen molar-refractivity contribution < 1.29 is 4.79 Å². The first-order chi connectivity index (χ1) is 14.7. The van der Waals surface area contributed by atoms with Crippen LogP contribution in [0, 0.1) is 5.92 Å². The first kappa shape index (κ1) is 19.8. The Morgan fingerprint density at radius 2 is 2.13 bits per heavy atom.